The summed E-state index contributed by atoms with van der Waals surface area (Å²) in [7, 11) is 0. The lowest BCUT2D eigenvalue weighted by Gasteiger charge is -2.46. The predicted molar refractivity (Wildman–Crippen MR) is 94.1 cm³/mol. The zero-order valence-electron chi connectivity index (χ0n) is 13.7. The number of amides is 1. The third kappa shape index (κ3) is 2.78. The molecule has 1 aliphatic carbocycles. The van der Waals surface area contributed by atoms with E-state index in [9.17, 15) is 4.79 Å². The van der Waals surface area contributed by atoms with Crippen LogP contribution in [-0.2, 0) is 4.79 Å². The molecule has 0 spiro atoms. The van der Waals surface area contributed by atoms with Gasteiger partial charge in [0.1, 0.15) is 0 Å². The average molecular weight is 307 g/mol. The maximum Gasteiger partial charge on any atom is 0.224 e. The Labute approximate surface area is 138 Å². The number of primary amides is 1. The third-order valence-electron chi connectivity index (χ3n) is 5.69. The van der Waals surface area contributed by atoms with Crippen LogP contribution in [0.5, 0.6) is 0 Å². The van der Waals surface area contributed by atoms with E-state index >= 15 is 0 Å². The van der Waals surface area contributed by atoms with Crippen molar-refractivity contribution in [1.82, 2.24) is 0 Å². The van der Waals surface area contributed by atoms with E-state index in [0.29, 0.717) is 0 Å². The monoisotopic (exact) mass is 307 g/mol. The van der Waals surface area contributed by atoms with Crippen molar-refractivity contribution in [1.29, 1.82) is 0 Å². The molecule has 3 unspecified atom stereocenters. The Balaban J connectivity index is 2.08. The molecule has 2 aromatic rings. The second-order valence-electron chi connectivity index (χ2n) is 6.75. The Morgan fingerprint density at radius 1 is 1.04 bits per heavy atom. The molecule has 23 heavy (non-hydrogen) atoms. The van der Waals surface area contributed by atoms with E-state index in [0.717, 1.165) is 25.7 Å². The quantitative estimate of drug-likeness (QED) is 0.880. The zero-order chi connectivity index (χ0) is 16.3. The fraction of sp³-hybridized carbons (Fsp3) is 0.381. The van der Waals surface area contributed by atoms with Crippen LogP contribution in [0.25, 0.3) is 0 Å². The molecule has 1 aliphatic rings. The van der Waals surface area contributed by atoms with Gasteiger partial charge in [-0.1, -0.05) is 80.4 Å². The van der Waals surface area contributed by atoms with Crippen LogP contribution >= 0.6 is 0 Å². The van der Waals surface area contributed by atoms with Crippen LogP contribution in [0.1, 0.15) is 55.6 Å². The molecule has 1 fully saturated rings. The van der Waals surface area contributed by atoms with Crippen molar-refractivity contribution < 1.29 is 4.79 Å². The van der Waals surface area contributed by atoms with Crippen molar-refractivity contribution in [3.8, 4) is 0 Å². The van der Waals surface area contributed by atoms with Gasteiger partial charge in [0.25, 0.3) is 0 Å². The fourth-order valence-electron chi connectivity index (χ4n) is 4.41. The molecule has 2 nitrogen and oxygen atoms in total. The van der Waals surface area contributed by atoms with Gasteiger partial charge in [-0.3, -0.25) is 4.79 Å². The molecule has 0 bridgehead atoms. The molecule has 3 atom stereocenters. The van der Waals surface area contributed by atoms with Crippen LogP contribution in [0.3, 0.4) is 0 Å². The maximum absolute atomic E-state index is 12.7. The summed E-state index contributed by atoms with van der Waals surface area (Å²) in [5, 5.41) is 0. The van der Waals surface area contributed by atoms with E-state index in [2.05, 4.69) is 43.3 Å². The van der Waals surface area contributed by atoms with Gasteiger partial charge in [-0.25, -0.2) is 0 Å². The normalized spacial score (nSPS) is 25.7. The molecule has 0 aliphatic heterocycles. The van der Waals surface area contributed by atoms with Crippen molar-refractivity contribution >= 4 is 5.91 Å². The number of hydrogen-bond acceptors (Lipinski definition) is 1. The molecule has 2 aromatic carbocycles. The van der Waals surface area contributed by atoms with Crippen LogP contribution in [0.2, 0.25) is 0 Å². The minimum absolute atomic E-state index is 0.117. The SMILES string of the molecule is CC(c1ccccc1)C1(C(N)=O)CCCCC1c1ccccc1. The summed E-state index contributed by atoms with van der Waals surface area (Å²) in [4.78, 5) is 12.7. The molecular weight excluding hydrogens is 282 g/mol. The number of carbonyl (C=O) groups is 1. The molecular formula is C21H25NO. The highest BCUT2D eigenvalue weighted by atomic mass is 16.1. The zero-order valence-corrected chi connectivity index (χ0v) is 13.7. The van der Waals surface area contributed by atoms with E-state index < -0.39 is 5.41 Å². The van der Waals surface area contributed by atoms with Gasteiger partial charge in [0.2, 0.25) is 5.91 Å². The smallest absolute Gasteiger partial charge is 0.224 e. The van der Waals surface area contributed by atoms with Crippen molar-refractivity contribution in [3.63, 3.8) is 0 Å². The van der Waals surface area contributed by atoms with Gasteiger partial charge < -0.3 is 5.73 Å². The minimum atomic E-state index is -0.499. The van der Waals surface area contributed by atoms with Gasteiger partial charge in [-0.15, -0.1) is 0 Å². The summed E-state index contributed by atoms with van der Waals surface area (Å²) in [5.74, 6) is 0.166. The highest BCUT2D eigenvalue weighted by Crippen LogP contribution is 2.54. The molecule has 2 N–H and O–H groups in total. The van der Waals surface area contributed by atoms with E-state index in [1.54, 1.807) is 0 Å². The molecule has 1 saturated carbocycles. The molecule has 0 radical (unpaired) electrons. The summed E-state index contributed by atoms with van der Waals surface area (Å²) in [6, 6.07) is 20.8. The summed E-state index contributed by atoms with van der Waals surface area (Å²) in [6.45, 7) is 2.17. The molecule has 1 amide bonds. The first-order chi connectivity index (χ1) is 11.2. The van der Waals surface area contributed by atoms with E-state index in [-0.39, 0.29) is 17.7 Å². The van der Waals surface area contributed by atoms with Crippen LogP contribution in [0.15, 0.2) is 60.7 Å². The van der Waals surface area contributed by atoms with Gasteiger partial charge in [-0.05, 0) is 35.8 Å². The highest BCUT2D eigenvalue weighted by molar-refractivity contribution is 5.83. The topological polar surface area (TPSA) is 43.1 Å². The van der Waals surface area contributed by atoms with Gasteiger partial charge in [0.05, 0.1) is 5.41 Å². The first kappa shape index (κ1) is 15.8. The number of rotatable bonds is 4. The second kappa shape index (κ2) is 6.57. The Hall–Kier alpha value is -2.09. The van der Waals surface area contributed by atoms with Crippen LogP contribution < -0.4 is 5.73 Å². The van der Waals surface area contributed by atoms with Crippen LogP contribution in [-0.4, -0.2) is 5.91 Å². The van der Waals surface area contributed by atoms with Crippen molar-refractivity contribution in [2.75, 3.05) is 0 Å². The molecule has 120 valence electrons. The van der Waals surface area contributed by atoms with Crippen LogP contribution in [0.4, 0.5) is 0 Å². The summed E-state index contributed by atoms with van der Waals surface area (Å²) in [5.41, 5.74) is 7.98. The number of hydrogen-bond donors (Lipinski definition) is 1. The fourth-order valence-corrected chi connectivity index (χ4v) is 4.41. The maximum atomic E-state index is 12.7. The molecule has 2 heteroatoms. The summed E-state index contributed by atoms with van der Waals surface area (Å²) in [6.07, 6.45) is 4.14. The van der Waals surface area contributed by atoms with Crippen LogP contribution in [0, 0.1) is 5.41 Å². The Kier molecular flexibility index (Phi) is 4.51. The Morgan fingerprint density at radius 3 is 2.26 bits per heavy atom. The van der Waals surface area contributed by atoms with Gasteiger partial charge in [0, 0.05) is 0 Å². The number of nitrogens with two attached hydrogens (primary N) is 1. The van der Waals surface area contributed by atoms with E-state index in [4.69, 9.17) is 5.73 Å². The lowest BCUT2D eigenvalue weighted by atomic mass is 9.56. The second-order valence-corrected chi connectivity index (χ2v) is 6.75. The first-order valence-electron chi connectivity index (χ1n) is 8.56. The van der Waals surface area contributed by atoms with E-state index in [1.807, 2.05) is 24.3 Å². The lowest BCUT2D eigenvalue weighted by molar-refractivity contribution is -0.132. The Bertz CT molecular complexity index is 652. The van der Waals surface area contributed by atoms with E-state index in [1.165, 1.54) is 11.1 Å². The van der Waals surface area contributed by atoms with Crippen molar-refractivity contribution in [2.24, 2.45) is 11.1 Å². The van der Waals surface area contributed by atoms with Crippen molar-refractivity contribution in [2.45, 2.75) is 44.4 Å². The molecule has 3 rings (SSSR count). The summed E-state index contributed by atoms with van der Waals surface area (Å²) < 4.78 is 0. The van der Waals surface area contributed by atoms with Gasteiger partial charge in [-0.2, -0.15) is 0 Å². The largest absolute Gasteiger partial charge is 0.369 e. The summed E-state index contributed by atoms with van der Waals surface area (Å²) >= 11 is 0. The molecule has 0 aromatic heterocycles. The highest BCUT2D eigenvalue weighted by Gasteiger charge is 2.50. The minimum Gasteiger partial charge on any atom is -0.369 e. The van der Waals surface area contributed by atoms with Gasteiger partial charge >= 0.3 is 0 Å². The van der Waals surface area contributed by atoms with Gasteiger partial charge in [0.15, 0.2) is 0 Å². The van der Waals surface area contributed by atoms with Crippen molar-refractivity contribution in [3.05, 3.63) is 71.8 Å². The molecule has 0 heterocycles. The standard InChI is InChI=1S/C21H25NO/c1-16(17-10-4-2-5-11-17)21(20(22)23)15-9-8-14-19(21)18-12-6-3-7-13-18/h2-7,10-13,16,19H,8-9,14-15H2,1H3,(H2,22,23). The number of benzene rings is 2. The average Bonchev–Trinajstić information content (AvgIpc) is 2.62. The first-order valence-corrected chi connectivity index (χ1v) is 8.56. The third-order valence-corrected chi connectivity index (χ3v) is 5.69. The predicted octanol–water partition coefficient (Wildman–Crippen LogP) is 4.62. The number of carbonyl (C=O) groups excluding carboxylic acids is 1. The lowest BCUT2D eigenvalue weighted by Crippen LogP contribution is -2.47. The Morgan fingerprint density at radius 2 is 1.65 bits per heavy atom. The molecule has 0 saturated heterocycles.